The Hall–Kier alpha value is -2.52. The smallest absolute Gasteiger partial charge is 0.266 e. The predicted octanol–water partition coefficient (Wildman–Crippen LogP) is 1.99. The molecule has 0 aliphatic heterocycles. The van der Waals surface area contributed by atoms with Gasteiger partial charge in [-0.2, -0.15) is 5.10 Å². The summed E-state index contributed by atoms with van der Waals surface area (Å²) in [6.45, 7) is 3.60. The van der Waals surface area contributed by atoms with Crippen molar-refractivity contribution in [3.63, 3.8) is 0 Å². The maximum Gasteiger partial charge on any atom is 0.266 e. The summed E-state index contributed by atoms with van der Waals surface area (Å²) in [5.41, 5.74) is 5.63. The van der Waals surface area contributed by atoms with Crippen molar-refractivity contribution in [3.05, 3.63) is 64.3 Å². The molecule has 2 N–H and O–H groups in total. The molecule has 0 aliphatic rings. The molecule has 0 bridgehead atoms. The second kappa shape index (κ2) is 8.92. The van der Waals surface area contributed by atoms with E-state index >= 15 is 0 Å². The van der Waals surface area contributed by atoms with Gasteiger partial charge in [0.2, 0.25) is 0 Å². The van der Waals surface area contributed by atoms with E-state index in [4.69, 9.17) is 10.5 Å². The second-order valence-corrected chi connectivity index (χ2v) is 8.18. The number of nitrogens with two attached hydrogens (primary N) is 1. The molecule has 0 fully saturated rings. The van der Waals surface area contributed by atoms with Crippen LogP contribution in [0.4, 0.5) is 4.39 Å². The van der Waals surface area contributed by atoms with Crippen LogP contribution in [0, 0.1) is 0 Å². The lowest BCUT2D eigenvalue weighted by atomic mass is 10.3. The Balaban J connectivity index is 2.15. The van der Waals surface area contributed by atoms with Crippen molar-refractivity contribution in [2.45, 2.75) is 30.5 Å². The third-order valence-corrected chi connectivity index (χ3v) is 5.40. The fourth-order valence-electron chi connectivity index (χ4n) is 2.24. The standard InChI is InChI=1S/C18H22FN3O4S/c1-13(2)22-18(23)8-3-15(21-22)12-27(24,25)17-6-4-16(5-7-17)26-11-14(9-19)10-20/h3-9,13H,10-12,20H2,1-2H3. The summed E-state index contributed by atoms with van der Waals surface area (Å²) < 4.78 is 44.3. The van der Waals surface area contributed by atoms with Crippen LogP contribution in [0.3, 0.4) is 0 Å². The third-order valence-electron chi connectivity index (χ3n) is 3.73. The number of nitrogens with zero attached hydrogens (tertiary/aromatic N) is 2. The molecule has 0 unspecified atom stereocenters. The van der Waals surface area contributed by atoms with E-state index in [2.05, 4.69) is 5.10 Å². The zero-order valence-corrected chi connectivity index (χ0v) is 15.9. The fraction of sp³-hybridized carbons (Fsp3) is 0.333. The van der Waals surface area contributed by atoms with Crippen LogP contribution in [0.1, 0.15) is 25.6 Å². The molecule has 1 aromatic heterocycles. The van der Waals surface area contributed by atoms with Crippen molar-refractivity contribution in [1.29, 1.82) is 0 Å². The zero-order chi connectivity index (χ0) is 20.0. The zero-order valence-electron chi connectivity index (χ0n) is 15.1. The first-order valence-corrected chi connectivity index (χ1v) is 9.94. The van der Waals surface area contributed by atoms with Gasteiger partial charge in [-0.25, -0.2) is 17.5 Å². The van der Waals surface area contributed by atoms with Gasteiger partial charge in [0.05, 0.1) is 28.7 Å². The lowest BCUT2D eigenvalue weighted by Crippen LogP contribution is -2.25. The molecule has 0 saturated heterocycles. The first-order chi connectivity index (χ1) is 12.8. The van der Waals surface area contributed by atoms with Crippen molar-refractivity contribution in [2.75, 3.05) is 13.2 Å². The predicted molar refractivity (Wildman–Crippen MR) is 100.0 cm³/mol. The molecule has 0 amide bonds. The summed E-state index contributed by atoms with van der Waals surface area (Å²) in [6, 6.07) is 8.34. The Morgan fingerprint density at radius 1 is 1.26 bits per heavy atom. The Morgan fingerprint density at radius 2 is 1.93 bits per heavy atom. The lowest BCUT2D eigenvalue weighted by molar-refractivity contribution is 0.347. The maximum atomic E-state index is 12.6. The van der Waals surface area contributed by atoms with Gasteiger partial charge in [0.1, 0.15) is 12.4 Å². The SMILES string of the molecule is CC(C)n1nc(CS(=O)(=O)c2ccc(OCC(=CF)CN)cc2)ccc1=O. The first kappa shape index (κ1) is 20.8. The van der Waals surface area contributed by atoms with E-state index in [-0.39, 0.29) is 46.7 Å². The summed E-state index contributed by atoms with van der Waals surface area (Å²) in [6.07, 6.45) is 0.391. The van der Waals surface area contributed by atoms with E-state index < -0.39 is 9.84 Å². The van der Waals surface area contributed by atoms with Gasteiger partial charge in [-0.1, -0.05) is 0 Å². The molecule has 7 nitrogen and oxygen atoms in total. The third kappa shape index (κ3) is 5.48. The van der Waals surface area contributed by atoms with Gasteiger partial charge in [0.25, 0.3) is 5.56 Å². The fourth-order valence-corrected chi connectivity index (χ4v) is 3.50. The molecule has 27 heavy (non-hydrogen) atoms. The highest BCUT2D eigenvalue weighted by molar-refractivity contribution is 7.90. The molecule has 0 atom stereocenters. The van der Waals surface area contributed by atoms with Crippen LogP contribution in [0.2, 0.25) is 0 Å². The Labute approximate surface area is 157 Å². The summed E-state index contributed by atoms with van der Waals surface area (Å²) in [5, 5.41) is 4.11. The van der Waals surface area contributed by atoms with Gasteiger partial charge in [-0.3, -0.25) is 4.79 Å². The van der Waals surface area contributed by atoms with Crippen LogP contribution in [-0.4, -0.2) is 31.3 Å². The van der Waals surface area contributed by atoms with Crippen molar-refractivity contribution in [3.8, 4) is 5.75 Å². The van der Waals surface area contributed by atoms with Crippen molar-refractivity contribution >= 4 is 9.84 Å². The minimum Gasteiger partial charge on any atom is -0.489 e. The van der Waals surface area contributed by atoms with E-state index in [0.29, 0.717) is 12.1 Å². The number of aromatic nitrogens is 2. The van der Waals surface area contributed by atoms with Gasteiger partial charge in [-0.05, 0) is 44.2 Å². The number of hydrogen-bond donors (Lipinski definition) is 1. The van der Waals surface area contributed by atoms with Crippen LogP contribution >= 0.6 is 0 Å². The first-order valence-electron chi connectivity index (χ1n) is 8.29. The molecule has 2 rings (SSSR count). The van der Waals surface area contributed by atoms with Crippen LogP contribution < -0.4 is 16.0 Å². The Bertz CT molecular complexity index is 967. The number of benzene rings is 1. The minimum atomic E-state index is -3.65. The molecule has 1 heterocycles. The minimum absolute atomic E-state index is 0.0141. The molecule has 0 aliphatic carbocycles. The van der Waals surface area contributed by atoms with Crippen LogP contribution in [0.5, 0.6) is 5.75 Å². The molecular formula is C18H22FN3O4S. The van der Waals surface area contributed by atoms with E-state index in [1.807, 2.05) is 0 Å². The highest BCUT2D eigenvalue weighted by atomic mass is 32.2. The molecule has 0 spiro atoms. The molecule has 2 aromatic rings. The molecule has 146 valence electrons. The molecule has 1 aromatic carbocycles. The number of hydrogen-bond acceptors (Lipinski definition) is 6. The summed E-state index contributed by atoms with van der Waals surface area (Å²) in [7, 11) is -3.65. The monoisotopic (exact) mass is 395 g/mol. The molecule has 0 saturated carbocycles. The van der Waals surface area contributed by atoms with Crippen LogP contribution in [0.15, 0.2) is 58.0 Å². The number of ether oxygens (including phenoxy) is 1. The summed E-state index contributed by atoms with van der Waals surface area (Å²) in [4.78, 5) is 11.8. The van der Waals surface area contributed by atoms with E-state index in [9.17, 15) is 17.6 Å². The summed E-state index contributed by atoms with van der Waals surface area (Å²) in [5.74, 6) is 0.0653. The average molecular weight is 395 g/mol. The maximum absolute atomic E-state index is 12.6. The lowest BCUT2D eigenvalue weighted by Gasteiger charge is -2.11. The van der Waals surface area contributed by atoms with E-state index in [1.165, 1.54) is 41.1 Å². The molecule has 0 radical (unpaired) electrons. The summed E-state index contributed by atoms with van der Waals surface area (Å²) >= 11 is 0. The second-order valence-electron chi connectivity index (χ2n) is 6.19. The van der Waals surface area contributed by atoms with Gasteiger partial charge in [-0.15, -0.1) is 0 Å². The highest BCUT2D eigenvalue weighted by Crippen LogP contribution is 2.20. The topological polar surface area (TPSA) is 104 Å². The van der Waals surface area contributed by atoms with Gasteiger partial charge >= 0.3 is 0 Å². The van der Waals surface area contributed by atoms with E-state index in [0.717, 1.165) is 0 Å². The number of sulfone groups is 1. The number of rotatable bonds is 8. The van der Waals surface area contributed by atoms with Crippen LogP contribution in [0.25, 0.3) is 0 Å². The van der Waals surface area contributed by atoms with E-state index in [1.54, 1.807) is 13.8 Å². The van der Waals surface area contributed by atoms with Crippen molar-refractivity contribution in [2.24, 2.45) is 5.73 Å². The normalized spacial score (nSPS) is 12.4. The average Bonchev–Trinajstić information content (AvgIpc) is 2.64. The largest absolute Gasteiger partial charge is 0.489 e. The molecular weight excluding hydrogens is 373 g/mol. The Morgan fingerprint density at radius 3 is 2.48 bits per heavy atom. The quantitative estimate of drug-likeness (QED) is 0.733. The van der Waals surface area contributed by atoms with Crippen molar-refractivity contribution in [1.82, 2.24) is 9.78 Å². The highest BCUT2D eigenvalue weighted by Gasteiger charge is 2.17. The van der Waals surface area contributed by atoms with Gasteiger partial charge in [0.15, 0.2) is 9.84 Å². The van der Waals surface area contributed by atoms with Crippen molar-refractivity contribution < 1.29 is 17.5 Å². The molecule has 9 heteroatoms. The van der Waals surface area contributed by atoms with Crippen LogP contribution in [-0.2, 0) is 15.6 Å². The van der Waals surface area contributed by atoms with Gasteiger partial charge < -0.3 is 10.5 Å². The number of halogens is 1. The van der Waals surface area contributed by atoms with Gasteiger partial charge in [0, 0.05) is 18.2 Å². The Kier molecular flexibility index (Phi) is 6.86.